The fourth-order valence-corrected chi connectivity index (χ4v) is 6.15. The maximum absolute atomic E-state index is 11.1. The van der Waals surface area contributed by atoms with Crippen molar-refractivity contribution in [1.82, 2.24) is 29.9 Å². The summed E-state index contributed by atoms with van der Waals surface area (Å²) in [5.41, 5.74) is 1.95. The first-order valence-electron chi connectivity index (χ1n) is 18.3. The predicted octanol–water partition coefficient (Wildman–Crippen LogP) is 8.14. The standard InChI is InChI=1S/C45H34N6O8/c52-34-14-5-1-10-28(34)40-46-41(29-11-2-6-15-35(29)53)49-44(48-40)32-20-18-26(24-38(32)56)58-22-9-23-59-27-19-21-33(39(57)25-27)45-50-42(30-12-3-7-16-36(30)54)47-43(51-45)31-13-4-8-17-37(31)55/h1-8,10-21,24-25,52-57H,9,22-23H2. The molecule has 6 N–H and O–H groups in total. The minimum atomic E-state index is -0.162. The van der Waals surface area contributed by atoms with Gasteiger partial charge in [0.2, 0.25) is 0 Å². The molecule has 2 aromatic heterocycles. The summed E-state index contributed by atoms with van der Waals surface area (Å²) in [7, 11) is 0. The van der Waals surface area contributed by atoms with Gasteiger partial charge >= 0.3 is 0 Å². The van der Waals surface area contributed by atoms with Crippen LogP contribution in [0.2, 0.25) is 0 Å². The molecule has 0 saturated carbocycles. The van der Waals surface area contributed by atoms with Crippen LogP contribution in [0, 0.1) is 0 Å². The maximum Gasteiger partial charge on any atom is 0.167 e. The van der Waals surface area contributed by atoms with Crippen LogP contribution < -0.4 is 9.47 Å². The minimum Gasteiger partial charge on any atom is -0.507 e. The van der Waals surface area contributed by atoms with E-state index in [-0.39, 0.29) is 93.8 Å². The number of aromatic nitrogens is 6. The molecule has 0 unspecified atom stereocenters. The monoisotopic (exact) mass is 786 g/mol. The third-order valence-electron chi connectivity index (χ3n) is 9.10. The average Bonchev–Trinajstić information content (AvgIpc) is 3.24. The second-order valence-electron chi connectivity index (χ2n) is 13.1. The molecule has 14 nitrogen and oxygen atoms in total. The Balaban J connectivity index is 0.945. The van der Waals surface area contributed by atoms with Gasteiger partial charge in [0, 0.05) is 18.6 Å². The number of hydrogen-bond donors (Lipinski definition) is 6. The summed E-state index contributed by atoms with van der Waals surface area (Å²) in [6, 6.07) is 35.7. The summed E-state index contributed by atoms with van der Waals surface area (Å²) in [5.74, 6) is 1.10. The smallest absolute Gasteiger partial charge is 0.167 e. The van der Waals surface area contributed by atoms with Crippen LogP contribution in [0.5, 0.6) is 46.0 Å². The van der Waals surface area contributed by atoms with Crippen molar-refractivity contribution in [2.24, 2.45) is 0 Å². The van der Waals surface area contributed by atoms with E-state index in [9.17, 15) is 30.6 Å². The van der Waals surface area contributed by atoms with Crippen molar-refractivity contribution < 1.29 is 40.1 Å². The summed E-state index contributed by atoms with van der Waals surface area (Å²) in [5, 5.41) is 64.2. The van der Waals surface area contributed by atoms with Crippen LogP contribution in [0.3, 0.4) is 0 Å². The normalized spacial score (nSPS) is 11.0. The van der Waals surface area contributed by atoms with E-state index >= 15 is 0 Å². The van der Waals surface area contributed by atoms with E-state index in [2.05, 4.69) is 29.9 Å². The van der Waals surface area contributed by atoms with Gasteiger partial charge in [-0.05, 0) is 72.8 Å². The molecule has 0 bridgehead atoms. The molecule has 0 aliphatic heterocycles. The Morgan fingerprint density at radius 3 is 0.814 bits per heavy atom. The number of benzene rings is 6. The van der Waals surface area contributed by atoms with Gasteiger partial charge in [-0.25, -0.2) is 29.9 Å². The Morgan fingerprint density at radius 1 is 0.305 bits per heavy atom. The third kappa shape index (κ3) is 8.18. The van der Waals surface area contributed by atoms with Crippen molar-refractivity contribution >= 4 is 0 Å². The largest absolute Gasteiger partial charge is 0.507 e. The Bertz CT molecular complexity index is 2500. The van der Waals surface area contributed by atoms with E-state index in [1.165, 1.54) is 36.4 Å². The second kappa shape index (κ2) is 16.5. The van der Waals surface area contributed by atoms with Gasteiger partial charge in [0.15, 0.2) is 34.9 Å². The van der Waals surface area contributed by atoms with Crippen molar-refractivity contribution in [3.8, 4) is 114 Å². The molecule has 0 spiro atoms. The number of phenolic OH excluding ortho intramolecular Hbond substituents is 6. The number of aromatic hydroxyl groups is 6. The van der Waals surface area contributed by atoms with Crippen LogP contribution in [0.15, 0.2) is 133 Å². The Kier molecular flexibility index (Phi) is 10.5. The minimum absolute atomic E-state index is 0.0430. The van der Waals surface area contributed by atoms with Gasteiger partial charge in [-0.3, -0.25) is 0 Å². The first-order valence-corrected chi connectivity index (χ1v) is 18.3. The average molecular weight is 787 g/mol. The zero-order valence-electron chi connectivity index (χ0n) is 31.0. The molecule has 14 heteroatoms. The molecule has 0 aliphatic carbocycles. The molecule has 0 saturated heterocycles. The fourth-order valence-electron chi connectivity index (χ4n) is 6.15. The Hall–Kier alpha value is -8.26. The van der Waals surface area contributed by atoms with Crippen molar-refractivity contribution in [1.29, 1.82) is 0 Å². The summed E-state index contributed by atoms with van der Waals surface area (Å²) < 4.78 is 11.8. The van der Waals surface area contributed by atoms with Gasteiger partial charge in [-0.2, -0.15) is 0 Å². The highest BCUT2D eigenvalue weighted by Crippen LogP contribution is 2.38. The van der Waals surface area contributed by atoms with Crippen LogP contribution in [0.1, 0.15) is 6.42 Å². The second-order valence-corrected chi connectivity index (χ2v) is 13.1. The number of ether oxygens (including phenoxy) is 2. The quantitative estimate of drug-likeness (QED) is 0.0645. The molecule has 0 radical (unpaired) electrons. The molecule has 0 atom stereocenters. The van der Waals surface area contributed by atoms with Gasteiger partial charge in [0.1, 0.15) is 46.0 Å². The lowest BCUT2D eigenvalue weighted by molar-refractivity contribution is 0.246. The Labute approximate surface area is 336 Å². The molecule has 2 heterocycles. The zero-order valence-corrected chi connectivity index (χ0v) is 31.0. The van der Waals surface area contributed by atoms with Gasteiger partial charge in [-0.1, -0.05) is 48.5 Å². The van der Waals surface area contributed by atoms with Gasteiger partial charge in [0.05, 0.1) is 46.6 Å². The summed E-state index contributed by atoms with van der Waals surface area (Å²) in [6.45, 7) is 0.469. The van der Waals surface area contributed by atoms with Crippen molar-refractivity contribution in [2.45, 2.75) is 6.42 Å². The molecular formula is C45H34N6O8. The first-order chi connectivity index (χ1) is 28.7. The molecule has 6 aromatic carbocycles. The zero-order chi connectivity index (χ0) is 40.9. The highest BCUT2D eigenvalue weighted by molar-refractivity contribution is 5.75. The highest BCUT2D eigenvalue weighted by atomic mass is 16.5. The van der Waals surface area contributed by atoms with E-state index in [1.54, 1.807) is 97.1 Å². The number of para-hydroxylation sites is 4. The van der Waals surface area contributed by atoms with Crippen LogP contribution in [0.4, 0.5) is 0 Å². The van der Waals surface area contributed by atoms with Crippen LogP contribution in [-0.2, 0) is 0 Å². The van der Waals surface area contributed by atoms with Crippen molar-refractivity contribution in [2.75, 3.05) is 13.2 Å². The molecule has 0 fully saturated rings. The SMILES string of the molecule is Oc1ccccc1-c1nc(-c2ccccc2O)nc(-c2ccc(OCCCOc3ccc(-c4nc(-c5ccccc5O)nc(-c5ccccc5O)n4)c(O)c3)cc2O)n1. The van der Waals surface area contributed by atoms with Gasteiger partial charge < -0.3 is 40.1 Å². The van der Waals surface area contributed by atoms with E-state index in [4.69, 9.17) is 9.47 Å². The molecule has 8 rings (SSSR count). The third-order valence-corrected chi connectivity index (χ3v) is 9.10. The maximum atomic E-state index is 11.1. The van der Waals surface area contributed by atoms with E-state index < -0.39 is 0 Å². The summed E-state index contributed by atoms with van der Waals surface area (Å²) >= 11 is 0. The molecular weight excluding hydrogens is 753 g/mol. The van der Waals surface area contributed by atoms with Crippen molar-refractivity contribution in [3.05, 3.63) is 133 Å². The summed E-state index contributed by atoms with van der Waals surface area (Å²) in [4.78, 5) is 27.2. The van der Waals surface area contributed by atoms with Gasteiger partial charge in [-0.15, -0.1) is 0 Å². The topological polar surface area (TPSA) is 217 Å². The number of nitrogens with zero attached hydrogens (tertiary/aromatic N) is 6. The lowest BCUT2D eigenvalue weighted by Crippen LogP contribution is -2.05. The molecule has 8 aromatic rings. The number of hydrogen-bond acceptors (Lipinski definition) is 14. The predicted molar refractivity (Wildman–Crippen MR) is 218 cm³/mol. The lowest BCUT2D eigenvalue weighted by atomic mass is 10.1. The molecule has 0 amide bonds. The van der Waals surface area contributed by atoms with Crippen molar-refractivity contribution in [3.63, 3.8) is 0 Å². The van der Waals surface area contributed by atoms with E-state index in [1.807, 2.05) is 0 Å². The molecule has 59 heavy (non-hydrogen) atoms. The highest BCUT2D eigenvalue weighted by Gasteiger charge is 2.20. The number of rotatable bonds is 12. The lowest BCUT2D eigenvalue weighted by Gasteiger charge is -2.13. The fraction of sp³-hybridized carbons (Fsp3) is 0.0667. The van der Waals surface area contributed by atoms with E-state index in [0.29, 0.717) is 40.2 Å². The molecule has 0 aliphatic rings. The van der Waals surface area contributed by atoms with Crippen LogP contribution in [-0.4, -0.2) is 73.8 Å². The summed E-state index contributed by atoms with van der Waals surface area (Å²) in [6.07, 6.45) is 0.452. The van der Waals surface area contributed by atoms with Gasteiger partial charge in [0.25, 0.3) is 0 Å². The first kappa shape index (κ1) is 37.7. The van der Waals surface area contributed by atoms with Crippen LogP contribution >= 0.6 is 0 Å². The Morgan fingerprint density at radius 2 is 0.559 bits per heavy atom. The number of phenols is 6. The molecule has 292 valence electrons. The van der Waals surface area contributed by atoms with Crippen LogP contribution in [0.25, 0.3) is 68.3 Å². The van der Waals surface area contributed by atoms with E-state index in [0.717, 1.165) is 0 Å².